The number of aromatic amines is 1. The van der Waals surface area contributed by atoms with E-state index in [1.165, 1.54) is 6.07 Å². The highest BCUT2D eigenvalue weighted by Crippen LogP contribution is 2.22. The average Bonchev–Trinajstić information content (AvgIpc) is 3.30. The van der Waals surface area contributed by atoms with Crippen molar-refractivity contribution in [2.45, 2.75) is 13.2 Å². The normalized spacial score (nSPS) is 11.4. The second-order valence-electron chi connectivity index (χ2n) is 7.43. The lowest BCUT2D eigenvalue weighted by atomic mass is 10.1. The molecule has 12 heteroatoms. The molecule has 0 saturated carbocycles. The number of hydrogen-bond donors (Lipinski definition) is 4. The molecule has 2 aromatic carbocycles. The number of esters is 1. The first-order chi connectivity index (χ1) is 16.9. The van der Waals surface area contributed by atoms with E-state index in [-0.39, 0.29) is 29.3 Å². The maximum Gasteiger partial charge on any atom is 0.348 e. The zero-order valence-corrected chi connectivity index (χ0v) is 19.4. The minimum atomic E-state index is -0.595. The number of aromatic nitrogens is 2. The molecule has 0 atom stereocenters. The molecule has 0 spiro atoms. The number of nitrogens with one attached hydrogen (secondary N) is 2. The van der Waals surface area contributed by atoms with Gasteiger partial charge in [-0.3, -0.25) is 14.3 Å². The van der Waals surface area contributed by atoms with Crippen LogP contribution in [0, 0.1) is 0 Å². The predicted octanol–water partition coefficient (Wildman–Crippen LogP) is 1.25. The summed E-state index contributed by atoms with van der Waals surface area (Å²) < 4.78 is 11.6. The minimum Gasteiger partial charge on any atom is -0.497 e. The molecule has 2 aromatic heterocycles. The number of fused-ring (bicyclic) bond motifs is 1. The molecule has 2 heterocycles. The highest BCUT2D eigenvalue weighted by atomic mass is 32.1. The number of benzene rings is 2. The maximum absolute atomic E-state index is 13.0. The third-order valence-corrected chi connectivity index (χ3v) is 6.18. The van der Waals surface area contributed by atoms with Crippen molar-refractivity contribution in [3.63, 3.8) is 0 Å². The number of carbonyl (C=O) groups is 1. The monoisotopic (exact) mass is 494 g/mol. The zero-order valence-electron chi connectivity index (χ0n) is 18.6. The highest BCUT2D eigenvalue weighted by molar-refractivity contribution is 7.20. The molecule has 11 nitrogen and oxygen atoms in total. The van der Waals surface area contributed by atoms with Crippen LogP contribution in [0.25, 0.3) is 10.2 Å². The molecule has 180 valence electrons. The quantitative estimate of drug-likeness (QED) is 0.0933. The average molecular weight is 495 g/mol. The summed E-state index contributed by atoms with van der Waals surface area (Å²) in [7, 11) is 1.55. The molecule has 35 heavy (non-hydrogen) atoms. The molecule has 0 unspecified atom stereocenters. The van der Waals surface area contributed by atoms with Crippen molar-refractivity contribution in [1.29, 1.82) is 0 Å². The van der Waals surface area contributed by atoms with Crippen molar-refractivity contribution in [1.82, 2.24) is 15.1 Å². The van der Waals surface area contributed by atoms with Gasteiger partial charge in [0, 0.05) is 5.56 Å². The van der Waals surface area contributed by atoms with Crippen molar-refractivity contribution in [3.8, 4) is 5.75 Å². The van der Waals surface area contributed by atoms with Gasteiger partial charge in [-0.2, -0.15) is 0 Å². The lowest BCUT2D eigenvalue weighted by Gasteiger charge is -2.06. The van der Waals surface area contributed by atoms with Gasteiger partial charge >= 0.3 is 11.7 Å². The molecular formula is C23H22N6O5S. The van der Waals surface area contributed by atoms with Crippen LogP contribution in [0.15, 0.2) is 69.3 Å². The Labute approximate surface area is 202 Å². The van der Waals surface area contributed by atoms with Crippen molar-refractivity contribution < 1.29 is 14.3 Å². The summed E-state index contributed by atoms with van der Waals surface area (Å²) >= 11 is 0.990. The molecule has 4 aromatic rings. The summed E-state index contributed by atoms with van der Waals surface area (Å²) in [5, 5.41) is 3.92. The maximum atomic E-state index is 13.0. The number of amidine groups is 1. The summed E-state index contributed by atoms with van der Waals surface area (Å²) in [6.07, 6.45) is 0. The lowest BCUT2D eigenvalue weighted by molar-refractivity contribution is 0.0478. The number of rotatable bonds is 8. The molecule has 0 bridgehead atoms. The number of carbonyl (C=O) groups excluding carboxylic acids is 1. The molecule has 6 N–H and O–H groups in total. The van der Waals surface area contributed by atoms with Crippen molar-refractivity contribution in [2.75, 3.05) is 7.11 Å². The van der Waals surface area contributed by atoms with Crippen LogP contribution < -0.4 is 33.1 Å². The number of ether oxygens (including phenoxy) is 2. The number of hydrazone groups is 1. The summed E-state index contributed by atoms with van der Waals surface area (Å²) in [5.74, 6) is 5.38. The third-order valence-electron chi connectivity index (χ3n) is 5.15. The van der Waals surface area contributed by atoms with Gasteiger partial charge < -0.3 is 15.2 Å². The van der Waals surface area contributed by atoms with Crippen LogP contribution in [-0.2, 0) is 17.9 Å². The summed E-state index contributed by atoms with van der Waals surface area (Å²) in [4.78, 5) is 41.4. The van der Waals surface area contributed by atoms with Crippen molar-refractivity contribution in [3.05, 3.63) is 97.0 Å². The molecular weight excluding hydrogens is 472 g/mol. The van der Waals surface area contributed by atoms with Crippen LogP contribution in [-0.4, -0.2) is 28.5 Å². The lowest BCUT2D eigenvalue weighted by Crippen LogP contribution is -2.34. The Balaban J connectivity index is 1.54. The molecule has 0 amide bonds. The van der Waals surface area contributed by atoms with Crippen molar-refractivity contribution >= 4 is 33.4 Å². The number of H-pyrrole nitrogens is 1. The number of hydrazine groups is 1. The second-order valence-corrected chi connectivity index (χ2v) is 8.48. The van der Waals surface area contributed by atoms with Crippen LogP contribution in [0.4, 0.5) is 0 Å². The molecule has 0 aliphatic rings. The largest absolute Gasteiger partial charge is 0.497 e. The van der Waals surface area contributed by atoms with E-state index in [1.54, 1.807) is 55.6 Å². The number of methoxy groups -OCH3 is 1. The van der Waals surface area contributed by atoms with Crippen molar-refractivity contribution in [2.24, 2.45) is 16.7 Å². The van der Waals surface area contributed by atoms with Gasteiger partial charge in [-0.15, -0.1) is 16.4 Å². The Morgan fingerprint density at radius 1 is 1.14 bits per heavy atom. The zero-order chi connectivity index (χ0) is 24.9. The molecule has 0 radical (unpaired) electrons. The van der Waals surface area contributed by atoms with E-state index >= 15 is 0 Å². The molecule has 0 aliphatic heterocycles. The topological polar surface area (TPSA) is 167 Å². The fourth-order valence-corrected chi connectivity index (χ4v) is 4.30. The fraction of sp³-hybridized carbons (Fsp3) is 0.130. The third kappa shape index (κ3) is 5.23. The first kappa shape index (κ1) is 23.7. The summed E-state index contributed by atoms with van der Waals surface area (Å²) in [6.45, 7) is 0.0691. The Bertz CT molecular complexity index is 1520. The molecule has 0 aliphatic carbocycles. The summed E-state index contributed by atoms with van der Waals surface area (Å²) in [6, 6.07) is 15.4. The Kier molecular flexibility index (Phi) is 6.94. The van der Waals surface area contributed by atoms with Crippen LogP contribution in [0.1, 0.15) is 26.4 Å². The second kappa shape index (κ2) is 10.2. The van der Waals surface area contributed by atoms with E-state index in [9.17, 15) is 14.4 Å². The van der Waals surface area contributed by atoms with Crippen LogP contribution in [0.2, 0.25) is 0 Å². The fourth-order valence-electron chi connectivity index (χ4n) is 3.37. The van der Waals surface area contributed by atoms with Gasteiger partial charge in [0.2, 0.25) is 0 Å². The number of nitrogens with two attached hydrogens (primary N) is 2. The van der Waals surface area contributed by atoms with Crippen LogP contribution in [0.5, 0.6) is 5.75 Å². The van der Waals surface area contributed by atoms with E-state index in [4.69, 9.17) is 21.1 Å². The number of thiophene rings is 1. The standard InChI is InChI=1S/C23H22N6O5S/c1-33-16-4-2-3-14(9-16)12-34-22(31)18-10-17-20(35-18)26-23(32)29(21(17)30)11-13-5-7-15(8-6-13)19(24)27-28-25/h2-10,28H,11-12,25H2,1H3,(H2,24,27)(H,26,32). The van der Waals surface area contributed by atoms with Gasteiger partial charge in [-0.25, -0.2) is 21.0 Å². The first-order valence-electron chi connectivity index (χ1n) is 10.3. The SMILES string of the molecule is COc1cccc(COC(=O)c2cc3c(=O)n(Cc4ccc(/C(N)=N/NN)cc4)c(=O)[nH]c3s2)c1. The summed E-state index contributed by atoms with van der Waals surface area (Å²) in [5.41, 5.74) is 8.87. The van der Waals surface area contributed by atoms with E-state index in [2.05, 4.69) is 15.6 Å². The van der Waals surface area contributed by atoms with E-state index in [0.717, 1.165) is 21.5 Å². The Hall–Kier alpha value is -4.42. The first-order valence-corrected chi connectivity index (χ1v) is 11.2. The molecule has 4 rings (SSSR count). The van der Waals surface area contributed by atoms with E-state index in [1.807, 2.05) is 0 Å². The van der Waals surface area contributed by atoms with Gasteiger partial charge in [0.05, 0.1) is 19.0 Å². The smallest absolute Gasteiger partial charge is 0.348 e. The van der Waals surface area contributed by atoms with Gasteiger partial charge in [0.15, 0.2) is 5.84 Å². The molecule has 0 saturated heterocycles. The van der Waals surface area contributed by atoms with Gasteiger partial charge in [0.25, 0.3) is 5.56 Å². The predicted molar refractivity (Wildman–Crippen MR) is 132 cm³/mol. The van der Waals surface area contributed by atoms with Gasteiger partial charge in [-0.05, 0) is 29.3 Å². The van der Waals surface area contributed by atoms with Gasteiger partial charge in [0.1, 0.15) is 22.1 Å². The Morgan fingerprint density at radius 3 is 2.63 bits per heavy atom. The highest BCUT2D eigenvalue weighted by Gasteiger charge is 2.17. The van der Waals surface area contributed by atoms with Crippen LogP contribution in [0.3, 0.4) is 0 Å². The molecule has 0 fully saturated rings. The van der Waals surface area contributed by atoms with E-state index in [0.29, 0.717) is 21.7 Å². The van der Waals surface area contributed by atoms with Gasteiger partial charge in [-0.1, -0.05) is 36.4 Å². The van der Waals surface area contributed by atoms with E-state index < -0.39 is 17.2 Å². The minimum absolute atomic E-state index is 0.0298. The Morgan fingerprint density at radius 2 is 1.91 bits per heavy atom. The van der Waals surface area contributed by atoms with Crippen LogP contribution >= 0.6 is 11.3 Å². The number of hydrogen-bond acceptors (Lipinski definition) is 9. The number of nitrogens with zero attached hydrogens (tertiary/aromatic N) is 2.